The van der Waals surface area contributed by atoms with E-state index < -0.39 is 16.1 Å². The molecule has 2 N–H and O–H groups in total. The molecule has 8 heteroatoms. The van der Waals surface area contributed by atoms with Crippen molar-refractivity contribution in [3.05, 3.63) is 41.6 Å². The molecular formula is C17H24N4O3S. The molecule has 2 amide bonds. The number of hydrogen-bond donors (Lipinski definition) is 2. The van der Waals surface area contributed by atoms with E-state index in [2.05, 4.69) is 10.4 Å². The first kappa shape index (κ1) is 19.0. The molecule has 0 radical (unpaired) electrons. The number of nitrogens with one attached hydrogen (secondary N) is 2. The summed E-state index contributed by atoms with van der Waals surface area (Å²) in [6, 6.07) is 6.33. The number of aromatic nitrogens is 2. The van der Waals surface area contributed by atoms with Gasteiger partial charge in [-0.2, -0.15) is 13.5 Å². The molecule has 136 valence electrons. The van der Waals surface area contributed by atoms with Gasteiger partial charge in [0, 0.05) is 18.9 Å². The number of carbonyl (C=O) groups is 1. The molecule has 0 aliphatic heterocycles. The van der Waals surface area contributed by atoms with Gasteiger partial charge in [0.1, 0.15) is 0 Å². The quantitative estimate of drug-likeness (QED) is 0.852. The van der Waals surface area contributed by atoms with E-state index in [0.717, 1.165) is 11.1 Å². The van der Waals surface area contributed by atoms with Crippen molar-refractivity contribution < 1.29 is 13.2 Å². The Morgan fingerprint density at radius 3 is 2.08 bits per heavy atom. The van der Waals surface area contributed by atoms with E-state index in [4.69, 9.17) is 0 Å². The van der Waals surface area contributed by atoms with Gasteiger partial charge in [0.2, 0.25) is 0 Å². The Labute approximate surface area is 148 Å². The highest BCUT2D eigenvalue weighted by atomic mass is 32.2. The first-order chi connectivity index (χ1) is 11.6. The molecule has 0 saturated heterocycles. The maximum atomic E-state index is 12.3. The van der Waals surface area contributed by atoms with Crippen molar-refractivity contribution in [2.45, 2.75) is 44.6 Å². The van der Waals surface area contributed by atoms with Crippen LogP contribution in [0.1, 0.15) is 50.7 Å². The predicted octanol–water partition coefficient (Wildman–Crippen LogP) is 3.18. The van der Waals surface area contributed by atoms with Gasteiger partial charge < -0.3 is 5.32 Å². The van der Waals surface area contributed by atoms with Gasteiger partial charge in [-0.15, -0.1) is 0 Å². The largest absolute Gasteiger partial charge is 0.333 e. The first-order valence-electron chi connectivity index (χ1n) is 8.08. The number of rotatable bonds is 5. The SMILES string of the molecule is CC(C)c1cccc(C(C)C)c1NC(=O)NS(=O)(=O)c1ccn(C)n1. The minimum Gasteiger partial charge on any atom is -0.307 e. The van der Waals surface area contributed by atoms with Gasteiger partial charge in [0.15, 0.2) is 5.03 Å². The number of anilines is 1. The third-order valence-corrected chi connectivity index (χ3v) is 5.03. The van der Waals surface area contributed by atoms with Gasteiger partial charge in [-0.3, -0.25) is 4.68 Å². The van der Waals surface area contributed by atoms with Gasteiger partial charge in [-0.1, -0.05) is 45.9 Å². The fourth-order valence-electron chi connectivity index (χ4n) is 2.55. The summed E-state index contributed by atoms with van der Waals surface area (Å²) in [5.41, 5.74) is 2.56. The lowest BCUT2D eigenvalue weighted by molar-refractivity contribution is 0.256. The molecule has 7 nitrogen and oxygen atoms in total. The lowest BCUT2D eigenvalue weighted by atomic mass is 9.93. The molecule has 0 unspecified atom stereocenters. The van der Waals surface area contributed by atoms with Crippen LogP contribution in [0.5, 0.6) is 0 Å². The van der Waals surface area contributed by atoms with Crippen molar-refractivity contribution >= 4 is 21.7 Å². The number of carbonyl (C=O) groups excluding carboxylic acids is 1. The summed E-state index contributed by atoms with van der Waals surface area (Å²) < 4.78 is 27.8. The summed E-state index contributed by atoms with van der Waals surface area (Å²) >= 11 is 0. The van der Waals surface area contributed by atoms with E-state index in [1.54, 1.807) is 7.05 Å². The fraction of sp³-hybridized carbons (Fsp3) is 0.412. The van der Waals surface area contributed by atoms with Gasteiger partial charge in [0.05, 0.1) is 0 Å². The average Bonchev–Trinajstić information content (AvgIpc) is 2.93. The zero-order chi connectivity index (χ0) is 18.8. The minimum atomic E-state index is -4.02. The second-order valence-electron chi connectivity index (χ2n) is 6.51. The van der Waals surface area contributed by atoms with Crippen molar-refractivity contribution in [1.29, 1.82) is 0 Å². The summed E-state index contributed by atoms with van der Waals surface area (Å²) in [6.45, 7) is 8.08. The Bertz CT molecular complexity index is 844. The Balaban J connectivity index is 2.29. The number of nitrogens with zero attached hydrogens (tertiary/aromatic N) is 2. The van der Waals surface area contributed by atoms with Gasteiger partial charge >= 0.3 is 6.03 Å². The zero-order valence-corrected chi connectivity index (χ0v) is 15.9. The van der Waals surface area contributed by atoms with Crippen LogP contribution in [-0.4, -0.2) is 24.2 Å². The van der Waals surface area contributed by atoms with Crippen LogP contribution in [0.2, 0.25) is 0 Å². The molecule has 1 aromatic carbocycles. The van der Waals surface area contributed by atoms with E-state index >= 15 is 0 Å². The highest BCUT2D eigenvalue weighted by molar-refractivity contribution is 7.90. The number of sulfonamides is 1. The smallest absolute Gasteiger partial charge is 0.307 e. The Hall–Kier alpha value is -2.35. The summed E-state index contributed by atoms with van der Waals surface area (Å²) in [7, 11) is -2.41. The molecule has 2 rings (SSSR count). The third-order valence-electron chi connectivity index (χ3n) is 3.80. The molecule has 0 aliphatic carbocycles. The number of para-hydroxylation sites is 1. The first-order valence-corrected chi connectivity index (χ1v) is 9.56. The van der Waals surface area contributed by atoms with Gasteiger partial charge in [-0.25, -0.2) is 9.52 Å². The number of hydrogen-bond acceptors (Lipinski definition) is 4. The molecule has 1 aromatic heterocycles. The Morgan fingerprint density at radius 1 is 1.08 bits per heavy atom. The van der Waals surface area contributed by atoms with E-state index in [0.29, 0.717) is 5.69 Å². The van der Waals surface area contributed by atoms with E-state index in [1.165, 1.54) is 16.9 Å². The fourth-order valence-corrected chi connectivity index (χ4v) is 3.42. The van der Waals surface area contributed by atoms with E-state index in [1.807, 2.05) is 50.6 Å². The Kier molecular flexibility index (Phi) is 5.52. The number of benzene rings is 1. The second kappa shape index (κ2) is 7.26. The van der Waals surface area contributed by atoms with Crippen molar-refractivity contribution in [3.8, 4) is 0 Å². The van der Waals surface area contributed by atoms with Gasteiger partial charge in [0.25, 0.3) is 10.0 Å². The summed E-state index contributed by atoms with van der Waals surface area (Å²) in [4.78, 5) is 12.3. The van der Waals surface area contributed by atoms with Crippen LogP contribution in [0.4, 0.5) is 10.5 Å². The highest BCUT2D eigenvalue weighted by Crippen LogP contribution is 2.32. The van der Waals surface area contributed by atoms with Crippen LogP contribution in [0.15, 0.2) is 35.5 Å². The molecule has 25 heavy (non-hydrogen) atoms. The molecule has 0 spiro atoms. The average molecular weight is 364 g/mol. The lowest BCUT2D eigenvalue weighted by Gasteiger charge is -2.20. The van der Waals surface area contributed by atoms with Crippen LogP contribution in [0.3, 0.4) is 0 Å². The van der Waals surface area contributed by atoms with E-state index in [-0.39, 0.29) is 16.9 Å². The third kappa shape index (κ3) is 4.39. The summed E-state index contributed by atoms with van der Waals surface area (Å²) in [5.74, 6) is 0.364. The zero-order valence-electron chi connectivity index (χ0n) is 15.1. The molecule has 2 aromatic rings. The second-order valence-corrected chi connectivity index (χ2v) is 8.14. The maximum Gasteiger partial charge on any atom is 0.333 e. The summed E-state index contributed by atoms with van der Waals surface area (Å²) in [6.07, 6.45) is 1.50. The van der Waals surface area contributed by atoms with Crippen molar-refractivity contribution in [2.24, 2.45) is 7.05 Å². The maximum absolute atomic E-state index is 12.3. The van der Waals surface area contributed by atoms with Crippen LogP contribution < -0.4 is 10.0 Å². The monoisotopic (exact) mass is 364 g/mol. The van der Waals surface area contributed by atoms with Crippen LogP contribution in [0.25, 0.3) is 0 Å². The lowest BCUT2D eigenvalue weighted by Crippen LogP contribution is -2.35. The van der Waals surface area contributed by atoms with Crippen LogP contribution in [-0.2, 0) is 17.1 Å². The molecule has 0 bridgehead atoms. The van der Waals surface area contributed by atoms with Crippen molar-refractivity contribution in [3.63, 3.8) is 0 Å². The molecule has 0 aliphatic rings. The molecule has 0 atom stereocenters. The topological polar surface area (TPSA) is 93.1 Å². The molecular weight excluding hydrogens is 340 g/mol. The predicted molar refractivity (Wildman–Crippen MR) is 97.2 cm³/mol. The molecule has 0 fully saturated rings. The summed E-state index contributed by atoms with van der Waals surface area (Å²) in [5, 5.41) is 6.33. The standard InChI is InChI=1S/C17H24N4O3S/c1-11(2)13-7-6-8-14(12(3)4)16(13)18-17(22)20-25(23,24)15-9-10-21(5)19-15/h6-12H,1-5H3,(H2,18,20,22). The number of amides is 2. The number of aryl methyl sites for hydroxylation is 1. The minimum absolute atomic E-state index is 0.182. The Morgan fingerprint density at radius 2 is 1.64 bits per heavy atom. The number of urea groups is 1. The van der Waals surface area contributed by atoms with Crippen molar-refractivity contribution in [1.82, 2.24) is 14.5 Å². The van der Waals surface area contributed by atoms with Crippen molar-refractivity contribution in [2.75, 3.05) is 5.32 Å². The van der Waals surface area contributed by atoms with Crippen LogP contribution in [0, 0.1) is 0 Å². The van der Waals surface area contributed by atoms with Gasteiger partial charge in [-0.05, 0) is 29.0 Å². The molecule has 1 heterocycles. The normalized spacial score (nSPS) is 11.8. The molecule has 0 saturated carbocycles. The highest BCUT2D eigenvalue weighted by Gasteiger charge is 2.22. The van der Waals surface area contributed by atoms with E-state index in [9.17, 15) is 13.2 Å². The van der Waals surface area contributed by atoms with Crippen LogP contribution >= 0.6 is 0 Å².